The van der Waals surface area contributed by atoms with Gasteiger partial charge in [0.2, 0.25) is 5.69 Å². The average Bonchev–Trinajstić information content (AvgIpc) is 2.87. The molecule has 0 radical (unpaired) electrons. The molecule has 1 heterocycles. The second-order valence-corrected chi connectivity index (χ2v) is 4.90. The zero-order valence-electron chi connectivity index (χ0n) is 12.2. The third-order valence-electron chi connectivity index (χ3n) is 3.25. The summed E-state index contributed by atoms with van der Waals surface area (Å²) in [5.74, 6) is -0.655. The SMILES string of the molecule is Cc1ccc(C(O)CNC(=O)c2c([N+](=O)[O-])cnn2C)cc1. The van der Waals surface area contributed by atoms with Gasteiger partial charge in [0, 0.05) is 13.6 Å². The number of hydrogen-bond donors (Lipinski definition) is 2. The molecule has 2 N–H and O–H groups in total. The van der Waals surface area contributed by atoms with Crippen molar-refractivity contribution < 1.29 is 14.8 Å². The van der Waals surface area contributed by atoms with E-state index in [1.54, 1.807) is 12.1 Å². The van der Waals surface area contributed by atoms with Gasteiger partial charge in [-0.15, -0.1) is 0 Å². The van der Waals surface area contributed by atoms with Crippen LogP contribution in [-0.2, 0) is 7.05 Å². The number of rotatable bonds is 5. The minimum Gasteiger partial charge on any atom is -0.387 e. The Morgan fingerprint density at radius 3 is 2.68 bits per heavy atom. The van der Waals surface area contributed by atoms with Crippen LogP contribution in [0.5, 0.6) is 0 Å². The maximum atomic E-state index is 12.1. The third-order valence-corrected chi connectivity index (χ3v) is 3.25. The number of hydrogen-bond acceptors (Lipinski definition) is 5. The molecular weight excluding hydrogens is 288 g/mol. The van der Waals surface area contributed by atoms with Crippen LogP contribution in [0.15, 0.2) is 30.5 Å². The molecule has 0 fully saturated rings. The molecule has 1 aromatic heterocycles. The van der Waals surface area contributed by atoms with Gasteiger partial charge >= 0.3 is 5.69 Å². The number of nitrogens with zero attached hydrogens (tertiary/aromatic N) is 3. The lowest BCUT2D eigenvalue weighted by atomic mass is 10.1. The van der Waals surface area contributed by atoms with Gasteiger partial charge in [0.15, 0.2) is 0 Å². The Balaban J connectivity index is 2.05. The summed E-state index contributed by atoms with van der Waals surface area (Å²) < 4.78 is 1.13. The van der Waals surface area contributed by atoms with Gasteiger partial charge in [-0.05, 0) is 12.5 Å². The summed E-state index contributed by atoms with van der Waals surface area (Å²) >= 11 is 0. The highest BCUT2D eigenvalue weighted by Crippen LogP contribution is 2.17. The number of nitro groups is 1. The van der Waals surface area contributed by atoms with Gasteiger partial charge in [0.1, 0.15) is 6.20 Å². The Morgan fingerprint density at radius 2 is 2.09 bits per heavy atom. The van der Waals surface area contributed by atoms with E-state index in [2.05, 4.69) is 10.4 Å². The molecule has 22 heavy (non-hydrogen) atoms. The molecule has 1 atom stereocenters. The molecule has 1 amide bonds. The van der Waals surface area contributed by atoms with E-state index < -0.39 is 16.9 Å². The minimum atomic E-state index is -0.892. The molecule has 2 rings (SSSR count). The molecule has 0 spiro atoms. The summed E-state index contributed by atoms with van der Waals surface area (Å²) in [5, 5.41) is 27.1. The Bertz CT molecular complexity index is 693. The van der Waals surface area contributed by atoms with Crippen molar-refractivity contribution >= 4 is 11.6 Å². The second kappa shape index (κ2) is 6.35. The van der Waals surface area contributed by atoms with Crippen molar-refractivity contribution in [2.24, 2.45) is 7.05 Å². The van der Waals surface area contributed by atoms with Crippen molar-refractivity contribution in [1.29, 1.82) is 0 Å². The van der Waals surface area contributed by atoms with Gasteiger partial charge in [-0.1, -0.05) is 29.8 Å². The number of benzene rings is 1. The van der Waals surface area contributed by atoms with Crippen molar-refractivity contribution in [2.45, 2.75) is 13.0 Å². The van der Waals surface area contributed by atoms with Crippen molar-refractivity contribution in [3.8, 4) is 0 Å². The van der Waals surface area contributed by atoms with E-state index in [0.29, 0.717) is 5.56 Å². The van der Waals surface area contributed by atoms with E-state index in [4.69, 9.17) is 0 Å². The normalized spacial score (nSPS) is 12.0. The number of aliphatic hydroxyl groups excluding tert-OH is 1. The third kappa shape index (κ3) is 3.29. The van der Waals surface area contributed by atoms with Crippen molar-refractivity contribution in [2.75, 3.05) is 6.54 Å². The monoisotopic (exact) mass is 304 g/mol. The molecule has 8 nitrogen and oxygen atoms in total. The van der Waals surface area contributed by atoms with Gasteiger partial charge in [-0.2, -0.15) is 5.10 Å². The number of amides is 1. The van der Waals surface area contributed by atoms with Crippen LogP contribution in [0.4, 0.5) is 5.69 Å². The maximum Gasteiger partial charge on any atom is 0.320 e. The van der Waals surface area contributed by atoms with Crippen LogP contribution in [0.3, 0.4) is 0 Å². The molecule has 1 unspecified atom stereocenters. The van der Waals surface area contributed by atoms with Gasteiger partial charge in [-0.25, -0.2) is 0 Å². The molecule has 0 saturated carbocycles. The molecular formula is C14H16N4O4. The largest absolute Gasteiger partial charge is 0.387 e. The summed E-state index contributed by atoms with van der Waals surface area (Å²) in [6.07, 6.45) is 0.127. The molecule has 0 saturated heterocycles. The fraction of sp³-hybridized carbons (Fsp3) is 0.286. The Morgan fingerprint density at radius 1 is 1.45 bits per heavy atom. The van der Waals surface area contributed by atoms with Crippen LogP contribution in [-0.4, -0.2) is 32.3 Å². The van der Waals surface area contributed by atoms with Gasteiger partial charge < -0.3 is 10.4 Å². The molecule has 0 aliphatic rings. The first-order valence-electron chi connectivity index (χ1n) is 6.59. The first-order valence-corrected chi connectivity index (χ1v) is 6.59. The topological polar surface area (TPSA) is 110 Å². The highest BCUT2D eigenvalue weighted by Gasteiger charge is 2.25. The smallest absolute Gasteiger partial charge is 0.320 e. The van der Waals surface area contributed by atoms with Crippen molar-refractivity contribution in [3.05, 3.63) is 57.4 Å². The number of carbonyl (C=O) groups excluding carboxylic acids is 1. The highest BCUT2D eigenvalue weighted by molar-refractivity contribution is 5.96. The summed E-state index contributed by atoms with van der Waals surface area (Å²) in [5.41, 5.74) is 1.20. The standard InChI is InChI=1S/C14H16N4O4/c1-9-3-5-10(6-4-9)12(19)8-15-14(20)13-11(18(21)22)7-16-17(13)2/h3-7,12,19H,8H2,1-2H3,(H,15,20). The lowest BCUT2D eigenvalue weighted by molar-refractivity contribution is -0.385. The number of nitrogens with one attached hydrogen (secondary N) is 1. The van der Waals surface area contributed by atoms with E-state index in [-0.39, 0.29) is 17.9 Å². The Kier molecular flexibility index (Phi) is 4.52. The van der Waals surface area contributed by atoms with Gasteiger partial charge in [0.05, 0.1) is 11.0 Å². The van der Waals surface area contributed by atoms with E-state index in [0.717, 1.165) is 16.4 Å². The predicted octanol–water partition coefficient (Wildman–Crippen LogP) is 1.10. The maximum absolute atomic E-state index is 12.1. The molecule has 1 aromatic carbocycles. The molecule has 0 aliphatic heterocycles. The van der Waals surface area contributed by atoms with Crippen LogP contribution >= 0.6 is 0 Å². The lowest BCUT2D eigenvalue weighted by Crippen LogP contribution is -2.30. The molecule has 2 aromatic rings. The van der Waals surface area contributed by atoms with Crippen LogP contribution in [0.25, 0.3) is 0 Å². The van der Waals surface area contributed by atoms with E-state index in [9.17, 15) is 20.0 Å². The van der Waals surface area contributed by atoms with E-state index in [1.165, 1.54) is 7.05 Å². The zero-order valence-corrected chi connectivity index (χ0v) is 12.2. The fourth-order valence-electron chi connectivity index (χ4n) is 2.00. The van der Waals surface area contributed by atoms with Gasteiger partial charge in [0.25, 0.3) is 5.91 Å². The molecule has 116 valence electrons. The Labute approximate surface area is 126 Å². The average molecular weight is 304 g/mol. The summed E-state index contributed by atoms with van der Waals surface area (Å²) in [4.78, 5) is 22.2. The van der Waals surface area contributed by atoms with Crippen LogP contribution < -0.4 is 5.32 Å². The fourth-order valence-corrected chi connectivity index (χ4v) is 2.00. The summed E-state index contributed by atoms with van der Waals surface area (Å²) in [6.45, 7) is 1.88. The summed E-state index contributed by atoms with van der Waals surface area (Å²) in [7, 11) is 1.44. The zero-order chi connectivity index (χ0) is 16.3. The minimum absolute atomic E-state index is 0.0514. The predicted molar refractivity (Wildman–Crippen MR) is 78.3 cm³/mol. The summed E-state index contributed by atoms with van der Waals surface area (Å²) in [6, 6.07) is 7.23. The molecule has 0 aliphatic carbocycles. The van der Waals surface area contributed by atoms with Crippen molar-refractivity contribution in [1.82, 2.24) is 15.1 Å². The van der Waals surface area contributed by atoms with Gasteiger partial charge in [-0.3, -0.25) is 19.6 Å². The number of aromatic nitrogens is 2. The van der Waals surface area contributed by atoms with Crippen LogP contribution in [0.2, 0.25) is 0 Å². The number of aliphatic hydroxyl groups is 1. The molecule has 8 heteroatoms. The lowest BCUT2D eigenvalue weighted by Gasteiger charge is -2.12. The van der Waals surface area contributed by atoms with Crippen LogP contribution in [0.1, 0.15) is 27.7 Å². The Hall–Kier alpha value is -2.74. The first kappa shape index (κ1) is 15.6. The second-order valence-electron chi connectivity index (χ2n) is 4.90. The highest BCUT2D eigenvalue weighted by atomic mass is 16.6. The number of carbonyl (C=O) groups is 1. The van der Waals surface area contributed by atoms with Crippen LogP contribution in [0, 0.1) is 17.0 Å². The van der Waals surface area contributed by atoms with E-state index >= 15 is 0 Å². The van der Waals surface area contributed by atoms with E-state index in [1.807, 2.05) is 19.1 Å². The quantitative estimate of drug-likeness (QED) is 0.635. The van der Waals surface area contributed by atoms with Crippen molar-refractivity contribution in [3.63, 3.8) is 0 Å². The number of aryl methyl sites for hydroxylation is 2. The molecule has 0 bridgehead atoms. The first-order chi connectivity index (χ1) is 10.4.